The number of hydrogen-bond donors (Lipinski definition) is 0. The lowest BCUT2D eigenvalue weighted by molar-refractivity contribution is -0.196. The van der Waals surface area contributed by atoms with Crippen molar-refractivity contribution in [1.29, 1.82) is 0 Å². The van der Waals surface area contributed by atoms with Gasteiger partial charge in [-0.15, -0.1) is 5.06 Å². The van der Waals surface area contributed by atoms with E-state index in [0.29, 0.717) is 10.8 Å². The first kappa shape index (κ1) is 18.4. The molecule has 25 heavy (non-hydrogen) atoms. The highest BCUT2D eigenvalue weighted by Gasteiger charge is 2.34. The fraction of sp³-hybridized carbons (Fsp3) is 0.412. The highest BCUT2D eigenvalue weighted by Crippen LogP contribution is 2.19. The van der Waals surface area contributed by atoms with Crippen molar-refractivity contribution < 1.29 is 28.8 Å². The first-order chi connectivity index (χ1) is 11.7. The van der Waals surface area contributed by atoms with E-state index in [0.717, 1.165) is 4.90 Å². The molecule has 0 atom stereocenters. The Kier molecular flexibility index (Phi) is 5.41. The summed E-state index contributed by atoms with van der Waals surface area (Å²) in [5, 5.41) is 0.445. The van der Waals surface area contributed by atoms with Crippen LogP contribution in [-0.4, -0.2) is 41.1 Å². The normalized spacial score (nSPS) is 14.4. The molecule has 1 aromatic rings. The van der Waals surface area contributed by atoms with Crippen LogP contribution in [0.4, 0.5) is 10.5 Å². The van der Waals surface area contributed by atoms with Crippen LogP contribution in [0.25, 0.3) is 0 Å². The zero-order chi connectivity index (χ0) is 18.6. The van der Waals surface area contributed by atoms with Crippen molar-refractivity contribution in [3.8, 4) is 0 Å². The lowest BCUT2D eigenvalue weighted by Gasteiger charge is -2.27. The van der Waals surface area contributed by atoms with Gasteiger partial charge in [0, 0.05) is 18.5 Å². The number of rotatable bonds is 4. The summed E-state index contributed by atoms with van der Waals surface area (Å²) in [6, 6.07) is 8.42. The van der Waals surface area contributed by atoms with Gasteiger partial charge in [-0.1, -0.05) is 18.2 Å². The molecule has 0 saturated carbocycles. The molecule has 0 unspecified atom stereocenters. The predicted octanol–water partition coefficient (Wildman–Crippen LogP) is 2.04. The highest BCUT2D eigenvalue weighted by molar-refractivity contribution is 6.02. The van der Waals surface area contributed by atoms with Crippen molar-refractivity contribution in [2.75, 3.05) is 11.4 Å². The summed E-state index contributed by atoms with van der Waals surface area (Å²) >= 11 is 0. The molecular weight excluding hydrogens is 328 g/mol. The van der Waals surface area contributed by atoms with Crippen LogP contribution in [0.15, 0.2) is 30.3 Å². The zero-order valence-corrected chi connectivity index (χ0v) is 14.4. The number of hydroxylamine groups is 2. The van der Waals surface area contributed by atoms with Crippen LogP contribution in [0.2, 0.25) is 0 Å². The monoisotopic (exact) mass is 348 g/mol. The summed E-state index contributed by atoms with van der Waals surface area (Å²) in [7, 11) is 0. The minimum absolute atomic E-state index is 0.000574. The standard InChI is InChI=1S/C17H20N2O6/c1-17(2,3)24-16(23)18(12-7-5-4-6-8-12)11-15(22)25-19-13(20)9-10-14(19)21/h4-8H,9-11H2,1-3H3. The molecule has 8 nitrogen and oxygen atoms in total. The van der Waals surface area contributed by atoms with E-state index in [-0.39, 0.29) is 12.8 Å². The van der Waals surface area contributed by atoms with E-state index in [4.69, 9.17) is 9.57 Å². The molecule has 2 rings (SSSR count). The van der Waals surface area contributed by atoms with Crippen LogP contribution in [0.3, 0.4) is 0 Å². The molecule has 0 aliphatic carbocycles. The first-order valence-corrected chi connectivity index (χ1v) is 7.79. The Morgan fingerprint density at radius 1 is 1.08 bits per heavy atom. The number of amides is 3. The topological polar surface area (TPSA) is 93.2 Å². The molecule has 1 saturated heterocycles. The molecule has 1 aliphatic heterocycles. The average molecular weight is 348 g/mol. The molecule has 0 radical (unpaired) electrons. The van der Waals surface area contributed by atoms with Crippen molar-refractivity contribution in [2.45, 2.75) is 39.2 Å². The predicted molar refractivity (Wildman–Crippen MR) is 87.2 cm³/mol. The van der Waals surface area contributed by atoms with Gasteiger partial charge in [-0.3, -0.25) is 14.5 Å². The number of benzene rings is 1. The Morgan fingerprint density at radius 3 is 2.16 bits per heavy atom. The number of carbonyl (C=O) groups excluding carboxylic acids is 4. The zero-order valence-electron chi connectivity index (χ0n) is 14.4. The molecule has 1 heterocycles. The highest BCUT2D eigenvalue weighted by atomic mass is 16.7. The number of ether oxygens (including phenoxy) is 1. The van der Waals surface area contributed by atoms with E-state index in [9.17, 15) is 19.2 Å². The van der Waals surface area contributed by atoms with Gasteiger partial charge in [-0.2, -0.15) is 0 Å². The maximum Gasteiger partial charge on any atom is 0.415 e. The Balaban J connectivity index is 2.13. The van der Waals surface area contributed by atoms with Crippen LogP contribution in [0.1, 0.15) is 33.6 Å². The van der Waals surface area contributed by atoms with Crippen LogP contribution in [-0.2, 0) is 24.0 Å². The largest absolute Gasteiger partial charge is 0.443 e. The quantitative estimate of drug-likeness (QED) is 0.773. The van der Waals surface area contributed by atoms with Gasteiger partial charge >= 0.3 is 12.1 Å². The third-order valence-corrected chi connectivity index (χ3v) is 3.17. The average Bonchev–Trinajstić information content (AvgIpc) is 2.83. The molecule has 1 aliphatic rings. The SMILES string of the molecule is CC(C)(C)OC(=O)N(CC(=O)ON1C(=O)CCC1=O)c1ccccc1. The Labute approximate surface area is 145 Å². The number of anilines is 1. The van der Waals surface area contributed by atoms with Gasteiger partial charge in [-0.25, -0.2) is 9.59 Å². The maximum absolute atomic E-state index is 12.4. The van der Waals surface area contributed by atoms with Gasteiger partial charge in [0.1, 0.15) is 12.1 Å². The smallest absolute Gasteiger partial charge is 0.415 e. The third kappa shape index (κ3) is 5.03. The second-order valence-corrected chi connectivity index (χ2v) is 6.45. The van der Waals surface area contributed by atoms with Gasteiger partial charge in [0.05, 0.1) is 0 Å². The fourth-order valence-electron chi connectivity index (χ4n) is 2.10. The van der Waals surface area contributed by atoms with Gasteiger partial charge < -0.3 is 9.57 Å². The Hall–Kier alpha value is -2.90. The Bertz CT molecular complexity index is 664. The number of nitrogens with zero attached hydrogens (tertiary/aromatic N) is 2. The summed E-state index contributed by atoms with van der Waals surface area (Å²) in [6.07, 6.45) is -0.740. The summed E-state index contributed by atoms with van der Waals surface area (Å²) < 4.78 is 5.30. The maximum atomic E-state index is 12.4. The molecule has 1 aromatic carbocycles. The van der Waals surface area contributed by atoms with E-state index in [1.807, 2.05) is 0 Å². The molecule has 0 spiro atoms. The van der Waals surface area contributed by atoms with E-state index in [2.05, 4.69) is 0 Å². The summed E-state index contributed by atoms with van der Waals surface area (Å²) in [5.74, 6) is -2.08. The molecular formula is C17H20N2O6. The molecule has 1 fully saturated rings. The lowest BCUT2D eigenvalue weighted by atomic mass is 10.2. The second kappa shape index (κ2) is 7.33. The van der Waals surface area contributed by atoms with Gasteiger partial charge in [0.15, 0.2) is 0 Å². The third-order valence-electron chi connectivity index (χ3n) is 3.17. The van der Waals surface area contributed by atoms with E-state index in [1.54, 1.807) is 51.1 Å². The van der Waals surface area contributed by atoms with Crippen molar-refractivity contribution in [3.63, 3.8) is 0 Å². The first-order valence-electron chi connectivity index (χ1n) is 7.79. The molecule has 134 valence electrons. The number of carbonyl (C=O) groups is 4. The molecule has 0 aromatic heterocycles. The second-order valence-electron chi connectivity index (χ2n) is 6.45. The fourth-order valence-corrected chi connectivity index (χ4v) is 2.10. The minimum Gasteiger partial charge on any atom is -0.443 e. The molecule has 0 bridgehead atoms. The number of imide groups is 1. The van der Waals surface area contributed by atoms with Crippen molar-refractivity contribution in [3.05, 3.63) is 30.3 Å². The minimum atomic E-state index is -0.918. The van der Waals surface area contributed by atoms with Crippen molar-refractivity contribution >= 4 is 29.6 Å². The summed E-state index contributed by atoms with van der Waals surface area (Å²) in [5.41, 5.74) is -0.331. The van der Waals surface area contributed by atoms with Crippen LogP contribution < -0.4 is 4.90 Å². The van der Waals surface area contributed by atoms with Crippen LogP contribution in [0, 0.1) is 0 Å². The number of para-hydroxylation sites is 1. The molecule has 3 amide bonds. The van der Waals surface area contributed by atoms with Crippen molar-refractivity contribution in [1.82, 2.24) is 5.06 Å². The molecule has 8 heteroatoms. The summed E-state index contributed by atoms with van der Waals surface area (Å²) in [6.45, 7) is 4.60. The Morgan fingerprint density at radius 2 is 1.64 bits per heavy atom. The number of hydrogen-bond acceptors (Lipinski definition) is 6. The van der Waals surface area contributed by atoms with E-state index >= 15 is 0 Å². The van der Waals surface area contributed by atoms with E-state index in [1.165, 1.54) is 0 Å². The van der Waals surface area contributed by atoms with Gasteiger partial charge in [-0.05, 0) is 32.9 Å². The van der Waals surface area contributed by atoms with Gasteiger partial charge in [0.2, 0.25) is 0 Å². The van der Waals surface area contributed by atoms with Crippen LogP contribution in [0.5, 0.6) is 0 Å². The summed E-state index contributed by atoms with van der Waals surface area (Å²) in [4.78, 5) is 53.5. The lowest BCUT2D eigenvalue weighted by Crippen LogP contribution is -2.42. The molecule has 0 N–H and O–H groups in total. The van der Waals surface area contributed by atoms with Crippen molar-refractivity contribution in [2.24, 2.45) is 0 Å². The van der Waals surface area contributed by atoms with Crippen LogP contribution >= 0.6 is 0 Å². The van der Waals surface area contributed by atoms with Gasteiger partial charge in [0.25, 0.3) is 11.8 Å². The van der Waals surface area contributed by atoms with E-state index < -0.39 is 36.0 Å².